The lowest BCUT2D eigenvalue weighted by molar-refractivity contribution is -0.123. The molecule has 0 atom stereocenters. The molecule has 2 amide bonds. The van der Waals surface area contributed by atoms with Gasteiger partial charge in [0.25, 0.3) is 0 Å². The van der Waals surface area contributed by atoms with Crippen LogP contribution in [0.4, 0.5) is 11.4 Å². The van der Waals surface area contributed by atoms with E-state index < -0.39 is 5.41 Å². The second-order valence-electron chi connectivity index (χ2n) is 6.96. The van der Waals surface area contributed by atoms with Gasteiger partial charge in [0.2, 0.25) is 11.8 Å². The van der Waals surface area contributed by atoms with Crippen molar-refractivity contribution in [1.82, 2.24) is 0 Å². The Kier molecular flexibility index (Phi) is 5.39. The quantitative estimate of drug-likeness (QED) is 0.884. The first-order valence-corrected chi connectivity index (χ1v) is 8.01. The molecule has 2 aromatic rings. The van der Waals surface area contributed by atoms with Gasteiger partial charge in [-0.25, -0.2) is 0 Å². The molecule has 0 aliphatic carbocycles. The van der Waals surface area contributed by atoms with Crippen LogP contribution >= 0.6 is 0 Å². The van der Waals surface area contributed by atoms with E-state index in [-0.39, 0.29) is 11.8 Å². The van der Waals surface area contributed by atoms with Crippen LogP contribution in [0.15, 0.2) is 48.5 Å². The van der Waals surface area contributed by atoms with E-state index >= 15 is 0 Å². The first kappa shape index (κ1) is 17.7. The lowest BCUT2D eigenvalue weighted by atomic mass is 9.95. The fourth-order valence-electron chi connectivity index (χ4n) is 2.17. The van der Waals surface area contributed by atoms with Crippen LogP contribution in [0.3, 0.4) is 0 Å². The Morgan fingerprint density at radius 2 is 1.21 bits per heavy atom. The van der Waals surface area contributed by atoms with Gasteiger partial charge in [0, 0.05) is 23.7 Å². The zero-order chi connectivity index (χ0) is 17.7. The van der Waals surface area contributed by atoms with Crippen molar-refractivity contribution in [2.45, 2.75) is 34.1 Å². The average Bonchev–Trinajstić information content (AvgIpc) is 2.50. The maximum absolute atomic E-state index is 12.0. The van der Waals surface area contributed by atoms with Crippen LogP contribution in [0.25, 0.3) is 0 Å². The second kappa shape index (κ2) is 7.30. The summed E-state index contributed by atoms with van der Waals surface area (Å²) in [4.78, 5) is 23.0. The third-order valence-corrected chi connectivity index (χ3v) is 3.58. The lowest BCUT2D eigenvalue weighted by Crippen LogP contribution is -2.27. The minimum absolute atomic E-state index is 0.00353. The molecule has 0 radical (unpaired) electrons. The highest BCUT2D eigenvalue weighted by atomic mass is 16.2. The minimum atomic E-state index is -0.408. The van der Waals surface area contributed by atoms with Gasteiger partial charge in [-0.2, -0.15) is 0 Å². The molecule has 4 nitrogen and oxygen atoms in total. The molecule has 0 aliphatic heterocycles. The summed E-state index contributed by atoms with van der Waals surface area (Å²) in [5, 5.41) is 5.67. The van der Waals surface area contributed by atoms with Crippen LogP contribution in [-0.2, 0) is 16.0 Å². The second-order valence-corrected chi connectivity index (χ2v) is 6.96. The van der Waals surface area contributed by atoms with Gasteiger partial charge in [0.15, 0.2) is 0 Å². The molecule has 2 aromatic carbocycles. The molecule has 126 valence electrons. The molecule has 0 spiro atoms. The van der Waals surface area contributed by atoms with E-state index in [2.05, 4.69) is 10.6 Å². The molecule has 0 heterocycles. The smallest absolute Gasteiger partial charge is 0.229 e. The highest BCUT2D eigenvalue weighted by molar-refractivity contribution is 5.94. The first-order valence-electron chi connectivity index (χ1n) is 8.01. The number of rotatable bonds is 4. The first-order chi connectivity index (χ1) is 11.2. The summed E-state index contributed by atoms with van der Waals surface area (Å²) in [5.74, 6) is -0.0700. The molecule has 2 N–H and O–H groups in total. The normalized spacial score (nSPS) is 11.0. The zero-order valence-corrected chi connectivity index (χ0v) is 14.6. The van der Waals surface area contributed by atoms with E-state index in [0.717, 1.165) is 28.9 Å². The summed E-state index contributed by atoms with van der Waals surface area (Å²) in [6.07, 6.45) is 0.799. The van der Waals surface area contributed by atoms with Crippen LogP contribution < -0.4 is 10.6 Å². The van der Waals surface area contributed by atoms with E-state index in [9.17, 15) is 9.59 Å². The standard InChI is InChI=1S/C20H24N2O2/c1-14(23)21-17-9-5-15(6-10-17)13-16-7-11-18(12-8-16)22-19(24)20(2,3)4/h5-12H,13H2,1-4H3,(H,21,23)(H,22,24). The molecule has 0 aromatic heterocycles. The van der Waals surface area contributed by atoms with Crippen molar-refractivity contribution in [3.8, 4) is 0 Å². The molecule has 0 fully saturated rings. The Morgan fingerprint density at radius 1 is 0.792 bits per heavy atom. The number of hydrogen-bond acceptors (Lipinski definition) is 2. The molecule has 24 heavy (non-hydrogen) atoms. The lowest BCUT2D eigenvalue weighted by Gasteiger charge is -2.17. The van der Waals surface area contributed by atoms with Crippen molar-refractivity contribution in [3.63, 3.8) is 0 Å². The van der Waals surface area contributed by atoms with E-state index in [1.54, 1.807) is 0 Å². The summed E-state index contributed by atoms with van der Waals surface area (Å²) in [7, 11) is 0. The number of carbonyl (C=O) groups is 2. The Bertz CT molecular complexity index is 711. The molecular weight excluding hydrogens is 300 g/mol. The maximum atomic E-state index is 12.0. The molecule has 0 bridgehead atoms. The van der Waals surface area contributed by atoms with Gasteiger partial charge in [-0.3, -0.25) is 9.59 Å². The Balaban J connectivity index is 1.98. The Labute approximate surface area is 143 Å². The summed E-state index contributed by atoms with van der Waals surface area (Å²) in [6.45, 7) is 7.16. The van der Waals surface area contributed by atoms with Crippen LogP contribution in [0, 0.1) is 5.41 Å². The third kappa shape index (κ3) is 5.23. The predicted octanol–water partition coefficient (Wildman–Crippen LogP) is 4.22. The zero-order valence-electron chi connectivity index (χ0n) is 14.6. The van der Waals surface area contributed by atoms with Crippen molar-refractivity contribution in [2.24, 2.45) is 5.41 Å². The SMILES string of the molecule is CC(=O)Nc1ccc(Cc2ccc(NC(=O)C(C)(C)C)cc2)cc1. The minimum Gasteiger partial charge on any atom is -0.326 e. The number of anilines is 2. The molecule has 0 saturated carbocycles. The summed E-state index contributed by atoms with van der Waals surface area (Å²) in [5.41, 5.74) is 3.52. The summed E-state index contributed by atoms with van der Waals surface area (Å²) < 4.78 is 0. The van der Waals surface area contributed by atoms with E-state index in [0.29, 0.717) is 0 Å². The van der Waals surface area contributed by atoms with E-state index in [1.807, 2.05) is 69.3 Å². The molecule has 0 aliphatic rings. The van der Waals surface area contributed by atoms with Crippen molar-refractivity contribution >= 4 is 23.2 Å². The highest BCUT2D eigenvalue weighted by Crippen LogP contribution is 2.19. The van der Waals surface area contributed by atoms with Crippen molar-refractivity contribution < 1.29 is 9.59 Å². The molecule has 0 saturated heterocycles. The molecule has 2 rings (SSSR count). The number of nitrogens with one attached hydrogen (secondary N) is 2. The van der Waals surface area contributed by atoms with Gasteiger partial charge < -0.3 is 10.6 Å². The average molecular weight is 324 g/mol. The van der Waals surface area contributed by atoms with Gasteiger partial charge in [-0.15, -0.1) is 0 Å². The van der Waals surface area contributed by atoms with Gasteiger partial charge >= 0.3 is 0 Å². The van der Waals surface area contributed by atoms with Crippen molar-refractivity contribution in [3.05, 3.63) is 59.7 Å². The van der Waals surface area contributed by atoms with Gasteiger partial charge in [0.1, 0.15) is 0 Å². The monoisotopic (exact) mass is 324 g/mol. The molecular formula is C20H24N2O2. The number of hydrogen-bond donors (Lipinski definition) is 2. The van der Waals surface area contributed by atoms with Gasteiger partial charge in [0.05, 0.1) is 0 Å². The number of benzene rings is 2. The third-order valence-electron chi connectivity index (χ3n) is 3.58. The van der Waals surface area contributed by atoms with Crippen molar-refractivity contribution in [1.29, 1.82) is 0 Å². The Hall–Kier alpha value is -2.62. The largest absolute Gasteiger partial charge is 0.326 e. The van der Waals surface area contributed by atoms with Crippen LogP contribution in [0.5, 0.6) is 0 Å². The van der Waals surface area contributed by atoms with Gasteiger partial charge in [-0.05, 0) is 41.8 Å². The van der Waals surface area contributed by atoms with Crippen LogP contribution in [0.2, 0.25) is 0 Å². The topological polar surface area (TPSA) is 58.2 Å². The number of amides is 2. The molecule has 0 unspecified atom stereocenters. The highest BCUT2D eigenvalue weighted by Gasteiger charge is 2.20. The van der Waals surface area contributed by atoms with Gasteiger partial charge in [-0.1, -0.05) is 45.0 Å². The summed E-state index contributed by atoms with van der Waals surface area (Å²) in [6, 6.07) is 15.7. The number of carbonyl (C=O) groups excluding carboxylic acids is 2. The maximum Gasteiger partial charge on any atom is 0.229 e. The van der Waals surface area contributed by atoms with E-state index in [1.165, 1.54) is 6.92 Å². The van der Waals surface area contributed by atoms with Crippen LogP contribution in [-0.4, -0.2) is 11.8 Å². The fourth-order valence-corrected chi connectivity index (χ4v) is 2.17. The van der Waals surface area contributed by atoms with Crippen LogP contribution in [0.1, 0.15) is 38.8 Å². The van der Waals surface area contributed by atoms with E-state index in [4.69, 9.17) is 0 Å². The Morgan fingerprint density at radius 3 is 1.58 bits per heavy atom. The fraction of sp³-hybridized carbons (Fsp3) is 0.300. The summed E-state index contributed by atoms with van der Waals surface area (Å²) >= 11 is 0. The predicted molar refractivity (Wildman–Crippen MR) is 98.1 cm³/mol. The van der Waals surface area contributed by atoms with Crippen molar-refractivity contribution in [2.75, 3.05) is 10.6 Å². The molecule has 4 heteroatoms.